The van der Waals surface area contributed by atoms with Crippen LogP contribution in [0.1, 0.15) is 78.1 Å². The summed E-state index contributed by atoms with van der Waals surface area (Å²) in [5, 5.41) is 17.7. The molecule has 0 bridgehead atoms. The Kier molecular flexibility index (Phi) is 14.4. The van der Waals surface area contributed by atoms with E-state index in [1.54, 1.807) is 0 Å². The van der Waals surface area contributed by atoms with Crippen LogP contribution in [0, 0.1) is 0 Å². The van der Waals surface area contributed by atoms with Crippen LogP contribution < -0.4 is 0 Å². The molecular formula is C18H34O4. The van der Waals surface area contributed by atoms with Crippen LogP contribution in [0.4, 0.5) is 0 Å². The lowest BCUT2D eigenvalue weighted by Crippen LogP contribution is -2.21. The third-order valence-electron chi connectivity index (χ3n) is 3.65. The summed E-state index contributed by atoms with van der Waals surface area (Å²) in [4.78, 5) is 11.4. The van der Waals surface area contributed by atoms with Gasteiger partial charge in [0.15, 0.2) is 0 Å². The van der Waals surface area contributed by atoms with Crippen LogP contribution in [0.25, 0.3) is 0 Å². The number of esters is 1. The molecule has 0 aromatic rings. The van der Waals surface area contributed by atoms with Gasteiger partial charge in [-0.05, 0) is 32.6 Å². The highest BCUT2D eigenvalue weighted by atomic mass is 16.5. The molecule has 130 valence electrons. The molecule has 0 aromatic carbocycles. The van der Waals surface area contributed by atoms with E-state index in [0.717, 1.165) is 19.3 Å². The second kappa shape index (κ2) is 15.0. The van der Waals surface area contributed by atoms with Crippen LogP contribution in [0.15, 0.2) is 11.6 Å². The Morgan fingerprint density at radius 2 is 1.77 bits per heavy atom. The maximum Gasteiger partial charge on any atom is 0.305 e. The van der Waals surface area contributed by atoms with E-state index >= 15 is 0 Å². The van der Waals surface area contributed by atoms with E-state index in [1.807, 2.05) is 0 Å². The summed E-state index contributed by atoms with van der Waals surface area (Å²) in [5.74, 6) is -0.311. The number of aliphatic hydroxyl groups is 2. The molecule has 4 heteroatoms. The lowest BCUT2D eigenvalue weighted by molar-refractivity contribution is -0.147. The largest absolute Gasteiger partial charge is 0.463 e. The van der Waals surface area contributed by atoms with Gasteiger partial charge in [-0.1, -0.05) is 50.7 Å². The summed E-state index contributed by atoms with van der Waals surface area (Å²) in [6.07, 6.45) is 12.3. The molecule has 0 radical (unpaired) electrons. The van der Waals surface area contributed by atoms with Crippen molar-refractivity contribution in [3.05, 3.63) is 11.6 Å². The zero-order valence-electron chi connectivity index (χ0n) is 14.4. The maximum absolute atomic E-state index is 11.4. The van der Waals surface area contributed by atoms with Gasteiger partial charge in [0.05, 0.1) is 6.61 Å². The minimum atomic E-state index is -0.969. The molecule has 0 amide bonds. The van der Waals surface area contributed by atoms with Crippen molar-refractivity contribution in [3.63, 3.8) is 0 Å². The van der Waals surface area contributed by atoms with Crippen molar-refractivity contribution >= 4 is 5.97 Å². The van der Waals surface area contributed by atoms with Crippen molar-refractivity contribution in [2.45, 2.75) is 84.2 Å². The van der Waals surface area contributed by atoms with Crippen LogP contribution in [-0.4, -0.2) is 35.5 Å². The monoisotopic (exact) mass is 314 g/mol. The second-order valence-electron chi connectivity index (χ2n) is 5.98. The maximum atomic E-state index is 11.4. The standard InChI is InChI=1S/C18H34O4/c1-3-4-5-6-7-8-11-16(2)12-9-10-13-18(21)22-15-17(20)14-19/h12,17,19-20H,3-11,13-15H2,1-2H3. The first-order valence-corrected chi connectivity index (χ1v) is 8.70. The zero-order valence-corrected chi connectivity index (χ0v) is 14.4. The highest BCUT2D eigenvalue weighted by molar-refractivity contribution is 5.69. The lowest BCUT2D eigenvalue weighted by Gasteiger charge is -2.08. The molecule has 2 N–H and O–H groups in total. The number of carbonyl (C=O) groups is 1. The molecular weight excluding hydrogens is 280 g/mol. The smallest absolute Gasteiger partial charge is 0.305 e. The van der Waals surface area contributed by atoms with Gasteiger partial charge in [0, 0.05) is 6.42 Å². The minimum absolute atomic E-state index is 0.123. The SMILES string of the molecule is CCCCCCCCC(C)=CCCCC(=O)OCC(O)CO. The van der Waals surface area contributed by atoms with Gasteiger partial charge in [-0.15, -0.1) is 0 Å². The van der Waals surface area contributed by atoms with Gasteiger partial charge in [-0.25, -0.2) is 0 Å². The topological polar surface area (TPSA) is 66.8 Å². The van der Waals surface area contributed by atoms with E-state index in [1.165, 1.54) is 44.1 Å². The number of carbonyl (C=O) groups excluding carboxylic acids is 1. The highest BCUT2D eigenvalue weighted by Crippen LogP contribution is 2.12. The fourth-order valence-electron chi connectivity index (χ4n) is 2.20. The number of rotatable bonds is 14. The third kappa shape index (κ3) is 14.1. The second-order valence-corrected chi connectivity index (χ2v) is 5.98. The highest BCUT2D eigenvalue weighted by Gasteiger charge is 2.06. The minimum Gasteiger partial charge on any atom is -0.463 e. The molecule has 0 saturated heterocycles. The first-order chi connectivity index (χ1) is 10.6. The van der Waals surface area contributed by atoms with E-state index in [0.29, 0.717) is 6.42 Å². The first kappa shape index (κ1) is 21.1. The van der Waals surface area contributed by atoms with E-state index in [9.17, 15) is 4.79 Å². The summed E-state index contributed by atoms with van der Waals surface area (Å²) in [7, 11) is 0. The Morgan fingerprint density at radius 3 is 2.45 bits per heavy atom. The van der Waals surface area contributed by atoms with E-state index in [2.05, 4.69) is 19.9 Å². The van der Waals surface area contributed by atoms with Crippen molar-refractivity contribution in [2.75, 3.05) is 13.2 Å². The summed E-state index contributed by atoms with van der Waals surface area (Å²) >= 11 is 0. The van der Waals surface area contributed by atoms with Crippen molar-refractivity contribution in [1.82, 2.24) is 0 Å². The molecule has 0 rings (SSSR count). The molecule has 4 nitrogen and oxygen atoms in total. The molecule has 1 unspecified atom stereocenters. The summed E-state index contributed by atoms with van der Waals surface area (Å²) in [6, 6.07) is 0. The molecule has 0 aromatic heterocycles. The van der Waals surface area contributed by atoms with Crippen LogP contribution in [0.5, 0.6) is 0 Å². The Morgan fingerprint density at radius 1 is 1.09 bits per heavy atom. The van der Waals surface area contributed by atoms with Crippen molar-refractivity contribution in [1.29, 1.82) is 0 Å². The molecule has 0 heterocycles. The van der Waals surface area contributed by atoms with Gasteiger partial charge in [-0.3, -0.25) is 4.79 Å². The Balaban J connectivity index is 3.52. The predicted octanol–water partition coefficient (Wildman–Crippen LogP) is 3.75. The van der Waals surface area contributed by atoms with Gasteiger partial charge in [-0.2, -0.15) is 0 Å². The Hall–Kier alpha value is -0.870. The number of allylic oxidation sites excluding steroid dienone is 2. The summed E-state index contributed by atoms with van der Waals surface area (Å²) in [5.41, 5.74) is 1.40. The normalized spacial score (nSPS) is 13.2. The molecule has 0 spiro atoms. The average molecular weight is 314 g/mol. The van der Waals surface area contributed by atoms with Gasteiger partial charge in [0.2, 0.25) is 0 Å². The van der Waals surface area contributed by atoms with Crippen LogP contribution in [-0.2, 0) is 9.53 Å². The quantitative estimate of drug-likeness (QED) is 0.291. The van der Waals surface area contributed by atoms with Crippen LogP contribution in [0.2, 0.25) is 0 Å². The predicted molar refractivity (Wildman–Crippen MR) is 89.7 cm³/mol. The Labute approximate surface area is 135 Å². The van der Waals surface area contributed by atoms with E-state index in [-0.39, 0.29) is 19.2 Å². The van der Waals surface area contributed by atoms with Crippen LogP contribution in [0.3, 0.4) is 0 Å². The summed E-state index contributed by atoms with van der Waals surface area (Å²) in [6.45, 7) is 3.88. The molecule has 22 heavy (non-hydrogen) atoms. The Bertz CT molecular complexity index is 299. The van der Waals surface area contributed by atoms with Gasteiger partial charge in [0.25, 0.3) is 0 Å². The fourth-order valence-corrected chi connectivity index (χ4v) is 2.20. The number of hydrogen-bond donors (Lipinski definition) is 2. The zero-order chi connectivity index (χ0) is 16.6. The third-order valence-corrected chi connectivity index (χ3v) is 3.65. The van der Waals surface area contributed by atoms with Crippen molar-refractivity contribution in [3.8, 4) is 0 Å². The average Bonchev–Trinajstić information content (AvgIpc) is 2.52. The van der Waals surface area contributed by atoms with Gasteiger partial charge in [0.1, 0.15) is 12.7 Å². The van der Waals surface area contributed by atoms with Gasteiger partial charge < -0.3 is 14.9 Å². The number of hydrogen-bond acceptors (Lipinski definition) is 4. The number of ether oxygens (including phenoxy) is 1. The summed E-state index contributed by atoms with van der Waals surface area (Å²) < 4.78 is 4.84. The van der Waals surface area contributed by atoms with Crippen molar-refractivity contribution in [2.24, 2.45) is 0 Å². The molecule has 0 aliphatic rings. The van der Waals surface area contributed by atoms with E-state index in [4.69, 9.17) is 14.9 Å². The van der Waals surface area contributed by atoms with Gasteiger partial charge >= 0.3 is 5.97 Å². The fraction of sp³-hybridized carbons (Fsp3) is 0.833. The van der Waals surface area contributed by atoms with Crippen molar-refractivity contribution < 1.29 is 19.7 Å². The lowest BCUT2D eigenvalue weighted by atomic mass is 10.0. The van der Waals surface area contributed by atoms with Crippen LogP contribution >= 0.6 is 0 Å². The number of unbranched alkanes of at least 4 members (excludes halogenated alkanes) is 6. The number of aliphatic hydroxyl groups excluding tert-OH is 2. The van der Waals surface area contributed by atoms with E-state index < -0.39 is 6.10 Å². The molecule has 0 aliphatic carbocycles. The molecule has 0 fully saturated rings. The first-order valence-electron chi connectivity index (χ1n) is 8.70. The molecule has 0 aliphatic heterocycles. The molecule has 0 saturated carbocycles. The molecule has 1 atom stereocenters.